The zero-order valence-corrected chi connectivity index (χ0v) is 12.8. The smallest absolute Gasteiger partial charge is 0.272 e. The molecule has 0 aliphatic carbocycles. The Labute approximate surface area is 136 Å². The molecule has 5 heteroatoms. The van der Waals surface area contributed by atoms with Crippen molar-refractivity contribution >= 4 is 21.8 Å². The number of ether oxygens (including phenoxy) is 2. The van der Waals surface area contributed by atoms with E-state index in [0.717, 1.165) is 38.9 Å². The zero-order valence-electron chi connectivity index (χ0n) is 12.8. The van der Waals surface area contributed by atoms with Crippen molar-refractivity contribution in [1.29, 1.82) is 0 Å². The van der Waals surface area contributed by atoms with E-state index in [4.69, 9.17) is 9.47 Å². The van der Waals surface area contributed by atoms with Gasteiger partial charge in [-0.05, 0) is 41.5 Å². The van der Waals surface area contributed by atoms with E-state index in [1.165, 1.54) is 0 Å². The van der Waals surface area contributed by atoms with E-state index in [1.807, 2.05) is 36.4 Å². The van der Waals surface area contributed by atoms with Gasteiger partial charge in [0.25, 0.3) is 5.56 Å². The van der Waals surface area contributed by atoms with Gasteiger partial charge in [-0.25, -0.2) is 0 Å². The molecule has 0 radical (unpaired) electrons. The SMILES string of the molecule is O=c1[nH]c2ccc(-c3ccc4c(c3)OCCO4)cc2c2cc[nH]c12. The highest BCUT2D eigenvalue weighted by Gasteiger charge is 2.13. The summed E-state index contributed by atoms with van der Waals surface area (Å²) in [6, 6.07) is 13.9. The second-order valence-corrected chi connectivity index (χ2v) is 5.84. The summed E-state index contributed by atoms with van der Waals surface area (Å²) in [6.45, 7) is 1.15. The first-order valence-electron chi connectivity index (χ1n) is 7.83. The van der Waals surface area contributed by atoms with Crippen molar-refractivity contribution in [3.8, 4) is 22.6 Å². The van der Waals surface area contributed by atoms with Gasteiger partial charge in [-0.3, -0.25) is 4.79 Å². The summed E-state index contributed by atoms with van der Waals surface area (Å²) in [5, 5.41) is 1.94. The van der Waals surface area contributed by atoms with Crippen molar-refractivity contribution in [2.75, 3.05) is 13.2 Å². The molecule has 5 rings (SSSR count). The van der Waals surface area contributed by atoms with Crippen LogP contribution in [0.5, 0.6) is 11.5 Å². The number of aromatic amines is 2. The van der Waals surface area contributed by atoms with Gasteiger partial charge < -0.3 is 19.4 Å². The molecule has 24 heavy (non-hydrogen) atoms. The van der Waals surface area contributed by atoms with Crippen molar-refractivity contribution in [1.82, 2.24) is 9.97 Å². The fourth-order valence-electron chi connectivity index (χ4n) is 3.25. The molecule has 0 atom stereocenters. The number of nitrogens with one attached hydrogen (secondary N) is 2. The number of hydrogen-bond donors (Lipinski definition) is 2. The van der Waals surface area contributed by atoms with Crippen LogP contribution in [0.3, 0.4) is 0 Å². The van der Waals surface area contributed by atoms with Crippen LogP contribution in [0.4, 0.5) is 0 Å². The zero-order chi connectivity index (χ0) is 16.1. The van der Waals surface area contributed by atoms with Crippen LogP contribution in [0.1, 0.15) is 0 Å². The first-order chi connectivity index (χ1) is 11.8. The highest BCUT2D eigenvalue weighted by atomic mass is 16.6. The topological polar surface area (TPSA) is 67.1 Å². The van der Waals surface area contributed by atoms with Gasteiger partial charge >= 0.3 is 0 Å². The maximum atomic E-state index is 12.1. The summed E-state index contributed by atoms with van der Waals surface area (Å²) < 4.78 is 11.2. The molecule has 1 aliphatic rings. The van der Waals surface area contributed by atoms with E-state index in [9.17, 15) is 4.79 Å². The highest BCUT2D eigenvalue weighted by Crippen LogP contribution is 2.35. The van der Waals surface area contributed by atoms with Crippen LogP contribution in [0.2, 0.25) is 0 Å². The highest BCUT2D eigenvalue weighted by molar-refractivity contribution is 6.05. The standard InChI is InChI=1S/C19H14N2O3/c22-19-18-13(5-6-20-18)14-9-11(1-3-15(14)21-19)12-2-4-16-17(10-12)24-8-7-23-16/h1-6,9-10,20H,7-8H2,(H,21,22). The Bertz CT molecular complexity index is 1140. The lowest BCUT2D eigenvalue weighted by Crippen LogP contribution is -2.15. The van der Waals surface area contributed by atoms with Crippen molar-refractivity contribution < 1.29 is 9.47 Å². The number of fused-ring (bicyclic) bond motifs is 4. The molecule has 118 valence electrons. The van der Waals surface area contributed by atoms with Crippen molar-refractivity contribution in [3.05, 3.63) is 59.0 Å². The number of rotatable bonds is 1. The second kappa shape index (κ2) is 4.89. The first-order valence-corrected chi connectivity index (χ1v) is 7.83. The summed E-state index contributed by atoms with van der Waals surface area (Å²) in [7, 11) is 0. The molecule has 2 N–H and O–H groups in total. The molecule has 0 amide bonds. The number of aromatic nitrogens is 2. The summed E-state index contributed by atoms with van der Waals surface area (Å²) >= 11 is 0. The van der Waals surface area contributed by atoms with E-state index < -0.39 is 0 Å². The largest absolute Gasteiger partial charge is 0.486 e. The van der Waals surface area contributed by atoms with Gasteiger partial charge in [0.1, 0.15) is 18.7 Å². The molecule has 4 aromatic rings. The van der Waals surface area contributed by atoms with Crippen LogP contribution in [-0.4, -0.2) is 23.2 Å². The minimum absolute atomic E-state index is 0.102. The van der Waals surface area contributed by atoms with Crippen LogP contribution in [-0.2, 0) is 0 Å². The van der Waals surface area contributed by atoms with Gasteiger partial charge in [0.05, 0.1) is 0 Å². The van der Waals surface area contributed by atoms with Gasteiger partial charge in [-0.15, -0.1) is 0 Å². The van der Waals surface area contributed by atoms with E-state index in [0.29, 0.717) is 18.7 Å². The van der Waals surface area contributed by atoms with Crippen molar-refractivity contribution in [2.24, 2.45) is 0 Å². The molecule has 0 fully saturated rings. The van der Waals surface area contributed by atoms with Crippen LogP contribution >= 0.6 is 0 Å². The van der Waals surface area contributed by atoms with E-state index >= 15 is 0 Å². The quantitative estimate of drug-likeness (QED) is 0.565. The molecule has 1 aliphatic heterocycles. The lowest BCUT2D eigenvalue weighted by Gasteiger charge is -2.19. The molecule has 5 nitrogen and oxygen atoms in total. The lowest BCUT2D eigenvalue weighted by molar-refractivity contribution is 0.171. The third-order valence-electron chi connectivity index (χ3n) is 4.41. The molecular weight excluding hydrogens is 304 g/mol. The Morgan fingerprint density at radius 1 is 0.833 bits per heavy atom. The average molecular weight is 318 g/mol. The summed E-state index contributed by atoms with van der Waals surface area (Å²) in [4.78, 5) is 18.0. The Morgan fingerprint density at radius 2 is 1.62 bits per heavy atom. The predicted octanol–water partition coefficient (Wildman–Crippen LogP) is 3.45. The second-order valence-electron chi connectivity index (χ2n) is 5.84. The molecule has 0 unspecified atom stereocenters. The molecular formula is C19H14N2O3. The van der Waals surface area contributed by atoms with Crippen molar-refractivity contribution in [2.45, 2.75) is 0 Å². The molecule has 0 saturated carbocycles. The average Bonchev–Trinajstić information content (AvgIpc) is 3.12. The third-order valence-corrected chi connectivity index (χ3v) is 4.41. The fraction of sp³-hybridized carbons (Fsp3) is 0.105. The van der Waals surface area contributed by atoms with Gasteiger partial charge in [0.15, 0.2) is 11.5 Å². The van der Waals surface area contributed by atoms with Crippen LogP contribution in [0, 0.1) is 0 Å². The number of hydrogen-bond acceptors (Lipinski definition) is 3. The maximum Gasteiger partial charge on any atom is 0.272 e. The van der Waals surface area contributed by atoms with Crippen LogP contribution in [0.25, 0.3) is 32.9 Å². The van der Waals surface area contributed by atoms with Crippen molar-refractivity contribution in [3.63, 3.8) is 0 Å². The summed E-state index contributed by atoms with van der Waals surface area (Å²) in [5.41, 5.74) is 3.44. The minimum atomic E-state index is -0.102. The molecule has 0 saturated heterocycles. The van der Waals surface area contributed by atoms with Gasteiger partial charge in [0.2, 0.25) is 0 Å². The minimum Gasteiger partial charge on any atom is -0.486 e. The first kappa shape index (κ1) is 13.2. The molecule has 0 spiro atoms. The molecule has 2 aromatic carbocycles. The normalized spacial score (nSPS) is 13.5. The van der Waals surface area contributed by atoms with E-state index in [-0.39, 0.29) is 5.56 Å². The molecule has 0 bridgehead atoms. The molecule has 2 aromatic heterocycles. The summed E-state index contributed by atoms with van der Waals surface area (Å²) in [6.07, 6.45) is 1.79. The monoisotopic (exact) mass is 318 g/mol. The van der Waals surface area contributed by atoms with Gasteiger partial charge in [-0.2, -0.15) is 0 Å². The maximum absolute atomic E-state index is 12.1. The number of benzene rings is 2. The number of H-pyrrole nitrogens is 2. The Kier molecular flexibility index (Phi) is 2.70. The lowest BCUT2D eigenvalue weighted by atomic mass is 10.0. The Balaban J connectivity index is 1.73. The third kappa shape index (κ3) is 1.91. The Morgan fingerprint density at radius 3 is 2.54 bits per heavy atom. The Hall–Kier alpha value is -3.21. The molecule has 3 heterocycles. The number of pyridine rings is 1. The van der Waals surface area contributed by atoms with E-state index in [2.05, 4.69) is 16.0 Å². The fourth-order valence-corrected chi connectivity index (χ4v) is 3.25. The predicted molar refractivity (Wildman–Crippen MR) is 92.9 cm³/mol. The van der Waals surface area contributed by atoms with Crippen LogP contribution in [0.15, 0.2) is 53.5 Å². The summed E-state index contributed by atoms with van der Waals surface area (Å²) in [5.74, 6) is 1.55. The van der Waals surface area contributed by atoms with Gasteiger partial charge in [-0.1, -0.05) is 12.1 Å². The van der Waals surface area contributed by atoms with Crippen LogP contribution < -0.4 is 15.0 Å². The van der Waals surface area contributed by atoms with E-state index in [1.54, 1.807) is 6.20 Å². The van der Waals surface area contributed by atoms with Gasteiger partial charge in [0, 0.05) is 22.5 Å².